The predicted molar refractivity (Wildman–Crippen MR) is 59.4 cm³/mol. The van der Waals surface area contributed by atoms with Gasteiger partial charge in [-0.25, -0.2) is 0 Å². The van der Waals surface area contributed by atoms with Gasteiger partial charge < -0.3 is 15.3 Å². The van der Waals surface area contributed by atoms with E-state index in [4.69, 9.17) is 0 Å². The summed E-state index contributed by atoms with van der Waals surface area (Å²) in [6, 6.07) is 0.596. The lowest BCUT2D eigenvalue weighted by Gasteiger charge is -2.29. The van der Waals surface area contributed by atoms with E-state index in [0.29, 0.717) is 6.04 Å². The number of nitrogens with zero attached hydrogens (tertiary/aromatic N) is 1. The first kappa shape index (κ1) is 12.0. The Labute approximate surface area is 87.5 Å². The highest BCUT2D eigenvalue weighted by Gasteiger charge is 2.15. The third-order valence-electron chi connectivity index (χ3n) is 2.76. The second-order valence-corrected chi connectivity index (χ2v) is 4.54. The molecule has 0 aromatic rings. The molecule has 84 valence electrons. The molecule has 3 heteroatoms. The standard InChI is InChI=1S/C11H24N2O/c1-10(2)12-6-3-7-13-8-4-11(14)5-9-13/h10-12,14H,3-9H2,1-2H3. The minimum Gasteiger partial charge on any atom is -0.393 e. The SMILES string of the molecule is CC(C)NCCCN1CCC(O)CC1. The number of hydrogen-bond acceptors (Lipinski definition) is 3. The summed E-state index contributed by atoms with van der Waals surface area (Å²) in [5, 5.41) is 12.8. The fraction of sp³-hybridized carbons (Fsp3) is 1.00. The van der Waals surface area contributed by atoms with Gasteiger partial charge in [0.2, 0.25) is 0 Å². The van der Waals surface area contributed by atoms with Crippen LogP contribution in [-0.2, 0) is 0 Å². The van der Waals surface area contributed by atoms with Gasteiger partial charge in [-0.1, -0.05) is 13.8 Å². The normalized spacial score (nSPS) is 20.6. The van der Waals surface area contributed by atoms with E-state index in [1.807, 2.05) is 0 Å². The Morgan fingerprint density at radius 2 is 2.00 bits per heavy atom. The maximum atomic E-state index is 9.33. The summed E-state index contributed by atoms with van der Waals surface area (Å²) in [6.07, 6.45) is 3.09. The number of likely N-dealkylation sites (tertiary alicyclic amines) is 1. The van der Waals surface area contributed by atoms with Gasteiger partial charge in [0.05, 0.1) is 6.10 Å². The van der Waals surface area contributed by atoms with E-state index in [1.165, 1.54) is 13.0 Å². The molecule has 1 aliphatic heterocycles. The highest BCUT2D eigenvalue weighted by atomic mass is 16.3. The predicted octanol–water partition coefficient (Wildman–Crippen LogP) is 0.831. The molecule has 0 bridgehead atoms. The Bertz CT molecular complexity index is 142. The zero-order chi connectivity index (χ0) is 10.4. The first-order valence-electron chi connectivity index (χ1n) is 5.82. The molecule has 0 aliphatic carbocycles. The summed E-state index contributed by atoms with van der Waals surface area (Å²) >= 11 is 0. The van der Waals surface area contributed by atoms with Crippen LogP contribution in [0.3, 0.4) is 0 Å². The topological polar surface area (TPSA) is 35.5 Å². The van der Waals surface area contributed by atoms with Crippen molar-refractivity contribution in [1.29, 1.82) is 0 Å². The zero-order valence-corrected chi connectivity index (χ0v) is 9.50. The Kier molecular flexibility index (Phi) is 5.45. The molecule has 0 spiro atoms. The maximum Gasteiger partial charge on any atom is 0.0564 e. The Balaban J connectivity index is 1.96. The van der Waals surface area contributed by atoms with Gasteiger partial charge in [0.25, 0.3) is 0 Å². The highest BCUT2D eigenvalue weighted by molar-refractivity contribution is 4.71. The van der Waals surface area contributed by atoms with Crippen molar-refractivity contribution in [3.05, 3.63) is 0 Å². The van der Waals surface area contributed by atoms with Gasteiger partial charge in [0, 0.05) is 19.1 Å². The van der Waals surface area contributed by atoms with Crippen LogP contribution >= 0.6 is 0 Å². The van der Waals surface area contributed by atoms with Crippen LogP contribution in [0.2, 0.25) is 0 Å². The molecule has 0 unspecified atom stereocenters. The van der Waals surface area contributed by atoms with Gasteiger partial charge in [-0.2, -0.15) is 0 Å². The summed E-state index contributed by atoms with van der Waals surface area (Å²) in [6.45, 7) is 8.78. The van der Waals surface area contributed by atoms with Gasteiger partial charge in [-0.05, 0) is 32.4 Å². The largest absolute Gasteiger partial charge is 0.393 e. The van der Waals surface area contributed by atoms with Crippen LogP contribution in [0.4, 0.5) is 0 Å². The quantitative estimate of drug-likeness (QED) is 0.645. The van der Waals surface area contributed by atoms with E-state index in [1.54, 1.807) is 0 Å². The lowest BCUT2D eigenvalue weighted by Crippen LogP contribution is -2.37. The van der Waals surface area contributed by atoms with Gasteiger partial charge in [0.1, 0.15) is 0 Å². The second kappa shape index (κ2) is 6.38. The number of rotatable bonds is 5. The maximum absolute atomic E-state index is 9.33. The lowest BCUT2D eigenvalue weighted by atomic mass is 10.1. The summed E-state index contributed by atoms with van der Waals surface area (Å²) in [5.41, 5.74) is 0. The van der Waals surface area contributed by atoms with Gasteiger partial charge in [-0.15, -0.1) is 0 Å². The molecule has 2 N–H and O–H groups in total. The van der Waals surface area contributed by atoms with Crippen molar-refractivity contribution in [3.63, 3.8) is 0 Å². The lowest BCUT2D eigenvalue weighted by molar-refractivity contribution is 0.0820. The van der Waals surface area contributed by atoms with E-state index >= 15 is 0 Å². The van der Waals surface area contributed by atoms with Crippen LogP contribution in [-0.4, -0.2) is 48.3 Å². The number of nitrogens with one attached hydrogen (secondary N) is 1. The zero-order valence-electron chi connectivity index (χ0n) is 9.50. The molecular formula is C11H24N2O. The first-order chi connectivity index (χ1) is 6.68. The van der Waals surface area contributed by atoms with Crippen molar-refractivity contribution < 1.29 is 5.11 Å². The molecule has 0 amide bonds. The van der Waals surface area contributed by atoms with E-state index in [2.05, 4.69) is 24.1 Å². The molecule has 1 saturated heterocycles. The number of aliphatic hydroxyl groups is 1. The van der Waals surface area contributed by atoms with E-state index < -0.39 is 0 Å². The minimum absolute atomic E-state index is 0.0416. The summed E-state index contributed by atoms with van der Waals surface area (Å²) in [5.74, 6) is 0. The van der Waals surface area contributed by atoms with Gasteiger partial charge in [-0.3, -0.25) is 0 Å². The fourth-order valence-electron chi connectivity index (χ4n) is 1.84. The van der Waals surface area contributed by atoms with Crippen LogP contribution in [0, 0.1) is 0 Å². The van der Waals surface area contributed by atoms with Crippen molar-refractivity contribution in [1.82, 2.24) is 10.2 Å². The molecular weight excluding hydrogens is 176 g/mol. The van der Waals surface area contributed by atoms with E-state index in [0.717, 1.165) is 32.5 Å². The average molecular weight is 200 g/mol. The second-order valence-electron chi connectivity index (χ2n) is 4.54. The van der Waals surface area contributed by atoms with Gasteiger partial charge in [0.15, 0.2) is 0 Å². The molecule has 0 atom stereocenters. The van der Waals surface area contributed by atoms with E-state index in [9.17, 15) is 5.11 Å². The summed E-state index contributed by atoms with van der Waals surface area (Å²) in [4.78, 5) is 2.45. The minimum atomic E-state index is -0.0416. The third kappa shape index (κ3) is 4.94. The monoisotopic (exact) mass is 200 g/mol. The van der Waals surface area contributed by atoms with Crippen LogP contribution in [0.25, 0.3) is 0 Å². The first-order valence-corrected chi connectivity index (χ1v) is 5.82. The molecule has 1 aliphatic rings. The van der Waals surface area contributed by atoms with Crippen LogP contribution < -0.4 is 5.32 Å². The Hall–Kier alpha value is -0.120. The molecule has 1 fully saturated rings. The van der Waals surface area contributed by atoms with E-state index in [-0.39, 0.29) is 6.10 Å². The molecule has 1 rings (SSSR count). The Morgan fingerprint density at radius 3 is 2.57 bits per heavy atom. The van der Waals surface area contributed by atoms with Crippen LogP contribution in [0.1, 0.15) is 33.1 Å². The van der Waals surface area contributed by atoms with Crippen molar-refractivity contribution in [2.24, 2.45) is 0 Å². The third-order valence-corrected chi connectivity index (χ3v) is 2.76. The summed E-state index contributed by atoms with van der Waals surface area (Å²) in [7, 11) is 0. The molecule has 0 aromatic heterocycles. The van der Waals surface area contributed by atoms with Crippen molar-refractivity contribution in [3.8, 4) is 0 Å². The number of hydrogen-bond donors (Lipinski definition) is 2. The average Bonchev–Trinajstić information content (AvgIpc) is 2.15. The highest BCUT2D eigenvalue weighted by Crippen LogP contribution is 2.09. The molecule has 1 heterocycles. The summed E-state index contributed by atoms with van der Waals surface area (Å²) < 4.78 is 0. The number of piperidine rings is 1. The molecule has 3 nitrogen and oxygen atoms in total. The molecule has 0 radical (unpaired) electrons. The smallest absolute Gasteiger partial charge is 0.0564 e. The van der Waals surface area contributed by atoms with Gasteiger partial charge >= 0.3 is 0 Å². The van der Waals surface area contributed by atoms with Crippen molar-refractivity contribution in [2.45, 2.75) is 45.3 Å². The van der Waals surface area contributed by atoms with Crippen LogP contribution in [0.15, 0.2) is 0 Å². The Morgan fingerprint density at radius 1 is 1.36 bits per heavy atom. The van der Waals surface area contributed by atoms with Crippen LogP contribution in [0.5, 0.6) is 0 Å². The van der Waals surface area contributed by atoms with Crippen molar-refractivity contribution in [2.75, 3.05) is 26.2 Å². The fourth-order valence-corrected chi connectivity index (χ4v) is 1.84. The molecule has 14 heavy (non-hydrogen) atoms. The number of aliphatic hydroxyl groups excluding tert-OH is 1. The molecule has 0 aromatic carbocycles. The molecule has 0 saturated carbocycles. The van der Waals surface area contributed by atoms with Crippen molar-refractivity contribution >= 4 is 0 Å².